The zero-order valence-corrected chi connectivity index (χ0v) is 19.0. The minimum atomic E-state index is -0.465. The normalized spacial score (nSPS) is 11.6. The lowest BCUT2D eigenvalue weighted by atomic mass is 10.2. The number of hydrogen-bond acceptors (Lipinski definition) is 7. The van der Waals surface area contributed by atoms with Gasteiger partial charge in [-0.2, -0.15) is 10.1 Å². The molecular formula is C24H24N6O4. The van der Waals surface area contributed by atoms with Gasteiger partial charge in [0.25, 0.3) is 5.56 Å². The lowest BCUT2D eigenvalue weighted by molar-refractivity contribution is 0.373. The number of anilines is 1. The summed E-state index contributed by atoms with van der Waals surface area (Å²) in [7, 11) is 4.46. The van der Waals surface area contributed by atoms with Gasteiger partial charge in [-0.25, -0.2) is 10.2 Å². The Hall–Kier alpha value is -4.60. The number of imidazole rings is 1. The standard InChI is InChI=1S/C24H24N6O4/c1-28-21-20(22(32)29(2)24(28)33)30(13-7-10-16-8-5-4-6-9-16)23(26-21)27-25-15-17-11-12-18(31)19(14-17)34-3/h4-12,14-15,31H,13H2,1-3H3,(H,26,27)/b10-7+,25-15-. The lowest BCUT2D eigenvalue weighted by Gasteiger charge is -2.07. The third kappa shape index (κ3) is 4.33. The predicted octanol–water partition coefficient (Wildman–Crippen LogP) is 2.31. The van der Waals surface area contributed by atoms with Gasteiger partial charge in [-0.15, -0.1) is 0 Å². The fourth-order valence-corrected chi connectivity index (χ4v) is 3.51. The van der Waals surface area contributed by atoms with Crippen molar-refractivity contribution in [3.63, 3.8) is 0 Å². The number of aryl methyl sites for hydroxylation is 1. The van der Waals surface area contributed by atoms with E-state index in [0.29, 0.717) is 23.8 Å². The molecule has 10 nitrogen and oxygen atoms in total. The van der Waals surface area contributed by atoms with E-state index in [9.17, 15) is 14.7 Å². The van der Waals surface area contributed by atoms with Gasteiger partial charge in [0.2, 0.25) is 5.95 Å². The maximum Gasteiger partial charge on any atom is 0.332 e. The minimum Gasteiger partial charge on any atom is -0.504 e. The van der Waals surface area contributed by atoms with Crippen molar-refractivity contribution in [3.05, 3.63) is 86.6 Å². The zero-order chi connectivity index (χ0) is 24.2. The van der Waals surface area contributed by atoms with Crippen LogP contribution in [0.3, 0.4) is 0 Å². The molecule has 4 rings (SSSR count). The van der Waals surface area contributed by atoms with Gasteiger partial charge in [0, 0.05) is 20.6 Å². The van der Waals surface area contributed by atoms with E-state index >= 15 is 0 Å². The summed E-state index contributed by atoms with van der Waals surface area (Å²) >= 11 is 0. The van der Waals surface area contributed by atoms with Crippen LogP contribution in [0.15, 0.2) is 69.3 Å². The second-order valence-corrected chi connectivity index (χ2v) is 7.54. The summed E-state index contributed by atoms with van der Waals surface area (Å²) in [4.78, 5) is 29.8. The first-order valence-electron chi connectivity index (χ1n) is 10.4. The second-order valence-electron chi connectivity index (χ2n) is 7.54. The highest BCUT2D eigenvalue weighted by atomic mass is 16.5. The van der Waals surface area contributed by atoms with Gasteiger partial charge in [-0.1, -0.05) is 42.5 Å². The summed E-state index contributed by atoms with van der Waals surface area (Å²) in [6.45, 7) is 0.323. The van der Waals surface area contributed by atoms with E-state index in [4.69, 9.17) is 4.74 Å². The molecular weight excluding hydrogens is 436 g/mol. The fourth-order valence-electron chi connectivity index (χ4n) is 3.51. The number of ether oxygens (including phenoxy) is 1. The molecule has 0 unspecified atom stereocenters. The Morgan fingerprint density at radius 3 is 2.59 bits per heavy atom. The summed E-state index contributed by atoms with van der Waals surface area (Å²) in [5.41, 5.74) is 4.19. The van der Waals surface area contributed by atoms with E-state index in [0.717, 1.165) is 10.1 Å². The van der Waals surface area contributed by atoms with Gasteiger partial charge in [-0.3, -0.25) is 18.5 Å². The zero-order valence-electron chi connectivity index (χ0n) is 19.0. The molecule has 0 bridgehead atoms. The summed E-state index contributed by atoms with van der Waals surface area (Å²) < 4.78 is 9.17. The monoisotopic (exact) mass is 460 g/mol. The maximum atomic E-state index is 12.9. The predicted molar refractivity (Wildman–Crippen MR) is 132 cm³/mol. The third-order valence-electron chi connectivity index (χ3n) is 5.33. The van der Waals surface area contributed by atoms with E-state index < -0.39 is 11.2 Å². The second kappa shape index (κ2) is 9.49. The number of allylic oxidation sites excluding steroid dienone is 1. The Balaban J connectivity index is 1.73. The molecule has 0 aliphatic rings. The average molecular weight is 460 g/mol. The van der Waals surface area contributed by atoms with Crippen LogP contribution in [-0.2, 0) is 20.6 Å². The van der Waals surface area contributed by atoms with Crippen molar-refractivity contribution >= 4 is 29.4 Å². The molecule has 0 radical (unpaired) electrons. The molecule has 0 aliphatic heterocycles. The van der Waals surface area contributed by atoms with Crippen LogP contribution in [0.25, 0.3) is 17.2 Å². The molecule has 2 heterocycles. The van der Waals surface area contributed by atoms with E-state index in [1.54, 1.807) is 23.7 Å². The first-order chi connectivity index (χ1) is 16.4. The molecule has 0 aliphatic carbocycles. The summed E-state index contributed by atoms with van der Waals surface area (Å²) in [5, 5.41) is 14.0. The summed E-state index contributed by atoms with van der Waals surface area (Å²) in [6.07, 6.45) is 5.37. The molecule has 0 fully saturated rings. The van der Waals surface area contributed by atoms with Crippen molar-refractivity contribution in [2.45, 2.75) is 6.54 Å². The Kier molecular flexibility index (Phi) is 6.30. The number of methoxy groups -OCH3 is 1. The van der Waals surface area contributed by atoms with E-state index in [-0.39, 0.29) is 16.9 Å². The SMILES string of the molecule is COc1cc(/C=N\Nc2nc3c(c(=O)n(C)c(=O)n3C)n2C/C=C/c2ccccc2)ccc1O. The molecule has 2 N–H and O–H groups in total. The topological polar surface area (TPSA) is 116 Å². The number of hydrogen-bond donors (Lipinski definition) is 2. The Bertz CT molecular complexity index is 1510. The van der Waals surface area contributed by atoms with Crippen LogP contribution in [0.5, 0.6) is 11.5 Å². The van der Waals surface area contributed by atoms with Crippen molar-refractivity contribution in [2.24, 2.45) is 19.2 Å². The summed E-state index contributed by atoms with van der Waals surface area (Å²) in [6, 6.07) is 14.6. The van der Waals surface area contributed by atoms with Gasteiger partial charge >= 0.3 is 5.69 Å². The molecule has 174 valence electrons. The van der Waals surface area contributed by atoms with E-state index in [1.165, 1.54) is 31.0 Å². The number of hydrazone groups is 1. The van der Waals surface area contributed by atoms with Crippen LogP contribution in [0.2, 0.25) is 0 Å². The number of phenols is 1. The van der Waals surface area contributed by atoms with Crippen LogP contribution in [0.4, 0.5) is 5.95 Å². The van der Waals surface area contributed by atoms with Crippen LogP contribution < -0.4 is 21.4 Å². The first kappa shape index (κ1) is 22.6. The quantitative estimate of drug-likeness (QED) is 0.323. The molecule has 0 amide bonds. The highest BCUT2D eigenvalue weighted by Gasteiger charge is 2.18. The van der Waals surface area contributed by atoms with Crippen molar-refractivity contribution < 1.29 is 9.84 Å². The number of fused-ring (bicyclic) bond motifs is 1. The molecule has 0 atom stereocenters. The number of rotatable bonds is 7. The Labute approximate surface area is 194 Å². The molecule has 10 heteroatoms. The van der Waals surface area contributed by atoms with Gasteiger partial charge in [0.1, 0.15) is 0 Å². The maximum absolute atomic E-state index is 12.9. The smallest absolute Gasteiger partial charge is 0.332 e. The highest BCUT2D eigenvalue weighted by Crippen LogP contribution is 2.25. The largest absolute Gasteiger partial charge is 0.504 e. The van der Waals surface area contributed by atoms with Crippen LogP contribution in [0, 0.1) is 0 Å². The van der Waals surface area contributed by atoms with Crippen molar-refractivity contribution in [2.75, 3.05) is 12.5 Å². The number of aromatic nitrogens is 4. The Morgan fingerprint density at radius 2 is 1.85 bits per heavy atom. The summed E-state index contributed by atoms with van der Waals surface area (Å²) in [5.74, 6) is 0.644. The van der Waals surface area contributed by atoms with Gasteiger partial charge in [0.05, 0.1) is 13.3 Å². The fraction of sp³-hybridized carbons (Fsp3) is 0.167. The highest BCUT2D eigenvalue weighted by molar-refractivity contribution is 5.81. The van der Waals surface area contributed by atoms with Gasteiger partial charge in [-0.05, 0) is 29.3 Å². The molecule has 4 aromatic rings. The average Bonchev–Trinajstić information content (AvgIpc) is 3.21. The molecule has 2 aromatic heterocycles. The van der Waals surface area contributed by atoms with E-state index in [2.05, 4.69) is 15.5 Å². The van der Waals surface area contributed by atoms with Crippen molar-refractivity contribution in [3.8, 4) is 11.5 Å². The van der Waals surface area contributed by atoms with Crippen LogP contribution in [0.1, 0.15) is 11.1 Å². The molecule has 0 spiro atoms. The lowest BCUT2D eigenvalue weighted by Crippen LogP contribution is -2.37. The number of phenolic OH excluding ortho intramolecular Hbond substituents is 1. The number of aromatic hydroxyl groups is 1. The van der Waals surface area contributed by atoms with Crippen LogP contribution >= 0.6 is 0 Å². The van der Waals surface area contributed by atoms with Crippen molar-refractivity contribution in [1.29, 1.82) is 0 Å². The van der Waals surface area contributed by atoms with Crippen LogP contribution in [-0.4, -0.2) is 37.1 Å². The molecule has 2 aromatic carbocycles. The number of nitrogens with one attached hydrogen (secondary N) is 1. The first-order valence-corrected chi connectivity index (χ1v) is 10.4. The van der Waals surface area contributed by atoms with Crippen molar-refractivity contribution in [1.82, 2.24) is 18.7 Å². The molecule has 0 saturated heterocycles. The Morgan fingerprint density at radius 1 is 1.09 bits per heavy atom. The van der Waals surface area contributed by atoms with E-state index in [1.807, 2.05) is 42.5 Å². The molecule has 34 heavy (non-hydrogen) atoms. The molecule has 0 saturated carbocycles. The number of nitrogens with zero attached hydrogens (tertiary/aromatic N) is 5. The van der Waals surface area contributed by atoms with Gasteiger partial charge < -0.3 is 9.84 Å². The number of benzene rings is 2. The van der Waals surface area contributed by atoms with Gasteiger partial charge in [0.15, 0.2) is 22.7 Å². The third-order valence-corrected chi connectivity index (χ3v) is 5.33. The minimum absolute atomic E-state index is 0.0244.